The van der Waals surface area contributed by atoms with Crippen molar-refractivity contribution in [2.45, 2.75) is 13.5 Å². The van der Waals surface area contributed by atoms with Gasteiger partial charge in [-0.3, -0.25) is 4.68 Å². The zero-order valence-electron chi connectivity index (χ0n) is 9.29. The van der Waals surface area contributed by atoms with Crippen molar-refractivity contribution in [2.75, 3.05) is 5.32 Å². The van der Waals surface area contributed by atoms with Crippen molar-refractivity contribution in [3.8, 4) is 0 Å². The lowest BCUT2D eigenvalue weighted by molar-refractivity contribution is 0.0696. The Morgan fingerprint density at radius 1 is 1.47 bits per heavy atom. The second-order valence-corrected chi connectivity index (χ2v) is 3.45. The van der Waals surface area contributed by atoms with Crippen LogP contribution >= 0.6 is 0 Å². The first-order chi connectivity index (χ1) is 8.19. The van der Waals surface area contributed by atoms with E-state index < -0.39 is 5.97 Å². The van der Waals surface area contributed by atoms with Crippen LogP contribution < -0.4 is 5.32 Å². The molecule has 6 heteroatoms. The number of carbonyl (C=O) groups is 1. The summed E-state index contributed by atoms with van der Waals surface area (Å²) in [5.41, 5.74) is 0.988. The second kappa shape index (κ2) is 4.65. The SMILES string of the molecule is CCn1cc(Nc2ccc(C(=O)O)cn2)cn1. The molecule has 17 heavy (non-hydrogen) atoms. The Balaban J connectivity index is 2.10. The molecular formula is C11H12N4O2. The van der Waals surface area contributed by atoms with E-state index in [1.165, 1.54) is 12.3 Å². The van der Waals surface area contributed by atoms with Crippen LogP contribution in [-0.2, 0) is 6.54 Å². The number of hydrogen-bond acceptors (Lipinski definition) is 4. The van der Waals surface area contributed by atoms with Gasteiger partial charge < -0.3 is 10.4 Å². The highest BCUT2D eigenvalue weighted by Crippen LogP contribution is 2.13. The number of nitrogens with one attached hydrogen (secondary N) is 1. The number of aryl methyl sites for hydroxylation is 1. The Bertz CT molecular complexity index is 519. The van der Waals surface area contributed by atoms with Gasteiger partial charge in [-0.05, 0) is 19.1 Å². The Morgan fingerprint density at radius 2 is 2.29 bits per heavy atom. The van der Waals surface area contributed by atoms with Crippen LogP contribution in [0.25, 0.3) is 0 Å². The van der Waals surface area contributed by atoms with E-state index in [0.29, 0.717) is 5.82 Å². The predicted molar refractivity (Wildman–Crippen MR) is 62.4 cm³/mol. The number of nitrogens with zero attached hydrogens (tertiary/aromatic N) is 3. The summed E-state index contributed by atoms with van der Waals surface area (Å²) in [5.74, 6) is -0.395. The average molecular weight is 232 g/mol. The molecule has 0 bridgehead atoms. The van der Waals surface area contributed by atoms with E-state index >= 15 is 0 Å². The van der Waals surface area contributed by atoms with Crippen molar-refractivity contribution in [1.29, 1.82) is 0 Å². The first-order valence-corrected chi connectivity index (χ1v) is 5.18. The van der Waals surface area contributed by atoms with Crippen LogP contribution in [0.1, 0.15) is 17.3 Å². The molecule has 6 nitrogen and oxygen atoms in total. The van der Waals surface area contributed by atoms with Crippen LogP contribution in [0, 0.1) is 0 Å². The third-order valence-electron chi connectivity index (χ3n) is 2.24. The summed E-state index contributed by atoms with van der Waals surface area (Å²) in [5, 5.41) is 15.9. The van der Waals surface area contributed by atoms with Crippen molar-refractivity contribution >= 4 is 17.5 Å². The summed E-state index contributed by atoms with van der Waals surface area (Å²) in [7, 11) is 0. The van der Waals surface area contributed by atoms with Gasteiger partial charge in [0.15, 0.2) is 0 Å². The summed E-state index contributed by atoms with van der Waals surface area (Å²) in [6.07, 6.45) is 4.86. The minimum Gasteiger partial charge on any atom is -0.478 e. The molecular weight excluding hydrogens is 220 g/mol. The van der Waals surface area contributed by atoms with E-state index in [4.69, 9.17) is 5.11 Å². The maximum Gasteiger partial charge on any atom is 0.337 e. The molecule has 2 aromatic rings. The lowest BCUT2D eigenvalue weighted by Gasteiger charge is -2.02. The van der Waals surface area contributed by atoms with Gasteiger partial charge in [0.1, 0.15) is 5.82 Å². The molecule has 0 aliphatic rings. The summed E-state index contributed by atoms with van der Waals surface area (Å²) in [6.45, 7) is 2.80. The molecule has 0 radical (unpaired) electrons. The summed E-state index contributed by atoms with van der Waals surface area (Å²) >= 11 is 0. The van der Waals surface area contributed by atoms with Crippen LogP contribution in [0.5, 0.6) is 0 Å². The normalized spacial score (nSPS) is 10.2. The second-order valence-electron chi connectivity index (χ2n) is 3.45. The quantitative estimate of drug-likeness (QED) is 0.839. The van der Waals surface area contributed by atoms with Crippen LogP contribution in [0.2, 0.25) is 0 Å². The molecule has 0 aliphatic carbocycles. The van der Waals surface area contributed by atoms with E-state index in [2.05, 4.69) is 15.4 Å². The highest BCUT2D eigenvalue weighted by molar-refractivity contribution is 5.87. The Labute approximate surface area is 97.9 Å². The minimum atomic E-state index is -0.983. The number of hydrogen-bond donors (Lipinski definition) is 2. The van der Waals surface area contributed by atoms with E-state index in [1.54, 1.807) is 16.9 Å². The standard InChI is InChI=1S/C11H12N4O2/c1-2-15-7-9(6-13-15)14-10-4-3-8(5-12-10)11(16)17/h3-7H,2H2,1H3,(H,12,14)(H,16,17). The molecule has 2 aromatic heterocycles. The van der Waals surface area contributed by atoms with Crippen molar-refractivity contribution < 1.29 is 9.90 Å². The Kier molecular flexibility index (Phi) is 3.04. The van der Waals surface area contributed by atoms with E-state index in [0.717, 1.165) is 12.2 Å². The monoisotopic (exact) mass is 232 g/mol. The van der Waals surface area contributed by atoms with E-state index in [1.807, 2.05) is 13.1 Å². The van der Waals surface area contributed by atoms with Gasteiger partial charge in [-0.2, -0.15) is 5.10 Å². The van der Waals surface area contributed by atoms with Gasteiger partial charge in [0.25, 0.3) is 0 Å². The number of aromatic carboxylic acids is 1. The molecule has 0 spiro atoms. The zero-order valence-corrected chi connectivity index (χ0v) is 9.29. The van der Waals surface area contributed by atoms with Crippen molar-refractivity contribution in [3.63, 3.8) is 0 Å². The summed E-state index contributed by atoms with van der Waals surface area (Å²) < 4.78 is 1.79. The molecule has 0 atom stereocenters. The first-order valence-electron chi connectivity index (χ1n) is 5.18. The number of anilines is 2. The third-order valence-corrected chi connectivity index (χ3v) is 2.24. The fourth-order valence-electron chi connectivity index (χ4n) is 1.34. The molecule has 0 aromatic carbocycles. The molecule has 2 N–H and O–H groups in total. The number of aromatic nitrogens is 3. The molecule has 2 heterocycles. The largest absolute Gasteiger partial charge is 0.478 e. The van der Waals surface area contributed by atoms with Gasteiger partial charge in [0.05, 0.1) is 17.4 Å². The van der Waals surface area contributed by atoms with Crippen molar-refractivity contribution in [2.24, 2.45) is 0 Å². The lowest BCUT2D eigenvalue weighted by atomic mass is 10.3. The smallest absolute Gasteiger partial charge is 0.337 e. The van der Waals surface area contributed by atoms with Crippen molar-refractivity contribution in [1.82, 2.24) is 14.8 Å². The van der Waals surface area contributed by atoms with Gasteiger partial charge in [-0.1, -0.05) is 0 Å². The van der Waals surface area contributed by atoms with Crippen LogP contribution in [0.15, 0.2) is 30.7 Å². The number of carboxylic acids is 1. The Morgan fingerprint density at radius 3 is 2.82 bits per heavy atom. The van der Waals surface area contributed by atoms with Crippen molar-refractivity contribution in [3.05, 3.63) is 36.3 Å². The molecule has 0 aliphatic heterocycles. The lowest BCUT2D eigenvalue weighted by Crippen LogP contribution is -1.99. The minimum absolute atomic E-state index is 0.166. The van der Waals surface area contributed by atoms with Crippen LogP contribution in [0.4, 0.5) is 11.5 Å². The highest BCUT2D eigenvalue weighted by atomic mass is 16.4. The molecule has 0 saturated carbocycles. The van der Waals surface area contributed by atoms with Gasteiger partial charge in [0, 0.05) is 18.9 Å². The maximum absolute atomic E-state index is 10.6. The van der Waals surface area contributed by atoms with Gasteiger partial charge in [0.2, 0.25) is 0 Å². The van der Waals surface area contributed by atoms with Crippen LogP contribution in [0.3, 0.4) is 0 Å². The Hall–Kier alpha value is -2.37. The molecule has 0 amide bonds. The predicted octanol–water partition coefficient (Wildman–Crippen LogP) is 1.74. The fourth-order valence-corrected chi connectivity index (χ4v) is 1.34. The zero-order chi connectivity index (χ0) is 12.3. The first kappa shape index (κ1) is 11.1. The summed E-state index contributed by atoms with van der Waals surface area (Å²) in [6, 6.07) is 3.12. The van der Waals surface area contributed by atoms with Crippen LogP contribution in [-0.4, -0.2) is 25.8 Å². The topological polar surface area (TPSA) is 80.0 Å². The summed E-state index contributed by atoms with van der Waals surface area (Å²) in [4.78, 5) is 14.6. The molecule has 0 fully saturated rings. The van der Waals surface area contributed by atoms with E-state index in [-0.39, 0.29) is 5.56 Å². The maximum atomic E-state index is 10.6. The van der Waals surface area contributed by atoms with Gasteiger partial charge in [-0.15, -0.1) is 0 Å². The molecule has 2 rings (SSSR count). The third kappa shape index (κ3) is 2.60. The highest BCUT2D eigenvalue weighted by Gasteiger charge is 2.03. The fraction of sp³-hybridized carbons (Fsp3) is 0.182. The van der Waals surface area contributed by atoms with Gasteiger partial charge >= 0.3 is 5.97 Å². The molecule has 0 saturated heterocycles. The average Bonchev–Trinajstić information content (AvgIpc) is 2.77. The number of carboxylic acid groups (broad SMARTS) is 1. The van der Waals surface area contributed by atoms with E-state index in [9.17, 15) is 4.79 Å². The molecule has 88 valence electrons. The molecule has 0 unspecified atom stereocenters. The number of rotatable bonds is 4. The number of pyridine rings is 1. The van der Waals surface area contributed by atoms with Gasteiger partial charge in [-0.25, -0.2) is 9.78 Å².